The molecule has 1 aromatic heterocycles. The molecule has 1 aliphatic rings. The van der Waals surface area contributed by atoms with E-state index < -0.39 is 0 Å². The number of aromatic amines is 1. The lowest BCUT2D eigenvalue weighted by Gasteiger charge is -2.23. The first-order valence-electron chi connectivity index (χ1n) is 5.85. The number of nitrogens with zero attached hydrogens (tertiary/aromatic N) is 1. The van der Waals surface area contributed by atoms with Crippen molar-refractivity contribution in [1.29, 1.82) is 0 Å². The third-order valence-electron chi connectivity index (χ3n) is 3.08. The van der Waals surface area contributed by atoms with Gasteiger partial charge in [0.2, 0.25) is 0 Å². The standard InChI is InChI=1S/C11H20N4/c1-2-11-9(8-14-15-11)7-13-10-3-5-12-6-4-10/h8,10,12-13H,2-7H2,1H3,(H,14,15). The second-order valence-electron chi connectivity index (χ2n) is 4.13. The molecule has 0 bridgehead atoms. The summed E-state index contributed by atoms with van der Waals surface area (Å²) in [4.78, 5) is 0. The minimum Gasteiger partial charge on any atom is -0.317 e. The van der Waals surface area contributed by atoms with Gasteiger partial charge in [0.15, 0.2) is 0 Å². The molecule has 15 heavy (non-hydrogen) atoms. The third kappa shape index (κ3) is 2.79. The van der Waals surface area contributed by atoms with E-state index in [1.54, 1.807) is 0 Å². The molecule has 1 saturated heterocycles. The summed E-state index contributed by atoms with van der Waals surface area (Å²) in [5.41, 5.74) is 2.58. The summed E-state index contributed by atoms with van der Waals surface area (Å²) >= 11 is 0. The van der Waals surface area contributed by atoms with Gasteiger partial charge in [0.05, 0.1) is 6.20 Å². The van der Waals surface area contributed by atoms with Crippen molar-refractivity contribution in [3.8, 4) is 0 Å². The van der Waals surface area contributed by atoms with Crippen molar-refractivity contribution in [1.82, 2.24) is 20.8 Å². The lowest BCUT2D eigenvalue weighted by molar-refractivity contribution is 0.386. The van der Waals surface area contributed by atoms with Crippen LogP contribution < -0.4 is 10.6 Å². The highest BCUT2D eigenvalue weighted by Crippen LogP contribution is 2.07. The number of rotatable bonds is 4. The van der Waals surface area contributed by atoms with Crippen LogP contribution in [0.4, 0.5) is 0 Å². The van der Waals surface area contributed by atoms with E-state index in [-0.39, 0.29) is 0 Å². The molecule has 0 atom stereocenters. The van der Waals surface area contributed by atoms with Crippen LogP contribution in [0.5, 0.6) is 0 Å². The van der Waals surface area contributed by atoms with Crippen LogP contribution in [-0.2, 0) is 13.0 Å². The Morgan fingerprint density at radius 3 is 3.00 bits per heavy atom. The molecule has 84 valence electrons. The van der Waals surface area contributed by atoms with Gasteiger partial charge in [-0.2, -0.15) is 5.10 Å². The van der Waals surface area contributed by atoms with E-state index in [4.69, 9.17) is 0 Å². The van der Waals surface area contributed by atoms with E-state index in [0.29, 0.717) is 6.04 Å². The lowest BCUT2D eigenvalue weighted by atomic mass is 10.1. The average molecular weight is 208 g/mol. The summed E-state index contributed by atoms with van der Waals surface area (Å²) in [6, 6.07) is 0.672. The quantitative estimate of drug-likeness (QED) is 0.686. The van der Waals surface area contributed by atoms with Crippen LogP contribution in [0.25, 0.3) is 0 Å². The van der Waals surface area contributed by atoms with E-state index >= 15 is 0 Å². The summed E-state index contributed by atoms with van der Waals surface area (Å²) in [5, 5.41) is 14.1. The van der Waals surface area contributed by atoms with E-state index in [1.807, 2.05) is 6.20 Å². The minimum atomic E-state index is 0.672. The van der Waals surface area contributed by atoms with Gasteiger partial charge in [0, 0.05) is 23.8 Å². The number of H-pyrrole nitrogens is 1. The lowest BCUT2D eigenvalue weighted by Crippen LogP contribution is -2.39. The predicted molar refractivity (Wildman–Crippen MR) is 60.7 cm³/mol. The molecular formula is C11H20N4. The Bertz CT molecular complexity index is 289. The molecule has 4 nitrogen and oxygen atoms in total. The number of nitrogens with one attached hydrogen (secondary N) is 3. The zero-order valence-electron chi connectivity index (χ0n) is 9.34. The van der Waals surface area contributed by atoms with Crippen LogP contribution in [0.2, 0.25) is 0 Å². The van der Waals surface area contributed by atoms with Gasteiger partial charge in [-0.1, -0.05) is 6.92 Å². The van der Waals surface area contributed by atoms with Gasteiger partial charge < -0.3 is 10.6 Å². The first-order chi connectivity index (χ1) is 7.40. The fourth-order valence-corrected chi connectivity index (χ4v) is 2.08. The third-order valence-corrected chi connectivity index (χ3v) is 3.08. The Hall–Kier alpha value is -0.870. The second kappa shape index (κ2) is 5.28. The molecule has 1 aromatic rings. The fraction of sp³-hybridized carbons (Fsp3) is 0.727. The van der Waals surface area contributed by atoms with E-state index in [9.17, 15) is 0 Å². The van der Waals surface area contributed by atoms with Crippen molar-refractivity contribution in [3.05, 3.63) is 17.5 Å². The van der Waals surface area contributed by atoms with Crippen molar-refractivity contribution >= 4 is 0 Å². The molecule has 0 unspecified atom stereocenters. The van der Waals surface area contributed by atoms with Crippen LogP contribution >= 0.6 is 0 Å². The van der Waals surface area contributed by atoms with Crippen molar-refractivity contribution in [2.75, 3.05) is 13.1 Å². The Morgan fingerprint density at radius 2 is 2.27 bits per heavy atom. The summed E-state index contributed by atoms with van der Waals surface area (Å²) in [7, 11) is 0. The molecule has 2 rings (SSSR count). The molecule has 0 aliphatic carbocycles. The van der Waals surface area contributed by atoms with Gasteiger partial charge in [0.25, 0.3) is 0 Å². The zero-order valence-corrected chi connectivity index (χ0v) is 9.34. The highest BCUT2D eigenvalue weighted by molar-refractivity contribution is 5.15. The van der Waals surface area contributed by atoms with Crippen molar-refractivity contribution in [2.45, 2.75) is 38.8 Å². The van der Waals surface area contributed by atoms with Gasteiger partial charge in [-0.3, -0.25) is 5.10 Å². The smallest absolute Gasteiger partial charge is 0.0535 e. The summed E-state index contributed by atoms with van der Waals surface area (Å²) in [6.07, 6.45) is 5.44. The summed E-state index contributed by atoms with van der Waals surface area (Å²) in [6.45, 7) is 5.39. The van der Waals surface area contributed by atoms with Gasteiger partial charge in [-0.25, -0.2) is 0 Å². The normalized spacial score (nSPS) is 18.2. The van der Waals surface area contributed by atoms with Crippen LogP contribution in [0, 0.1) is 0 Å². The average Bonchev–Trinajstić information content (AvgIpc) is 2.75. The van der Waals surface area contributed by atoms with Crippen LogP contribution in [-0.4, -0.2) is 29.3 Å². The Morgan fingerprint density at radius 1 is 1.47 bits per heavy atom. The van der Waals surface area contributed by atoms with E-state index in [0.717, 1.165) is 26.1 Å². The maximum Gasteiger partial charge on any atom is 0.0535 e. The number of hydrogen-bond donors (Lipinski definition) is 3. The SMILES string of the molecule is CCc1[nH]ncc1CNC1CCNCC1. The molecule has 2 heterocycles. The maximum absolute atomic E-state index is 4.08. The summed E-state index contributed by atoms with van der Waals surface area (Å²) in [5.74, 6) is 0. The number of piperidine rings is 1. The molecule has 0 saturated carbocycles. The van der Waals surface area contributed by atoms with E-state index in [1.165, 1.54) is 24.1 Å². The Balaban J connectivity index is 1.81. The van der Waals surface area contributed by atoms with Crippen molar-refractivity contribution in [3.63, 3.8) is 0 Å². The second-order valence-corrected chi connectivity index (χ2v) is 4.13. The summed E-state index contributed by atoms with van der Waals surface area (Å²) < 4.78 is 0. The van der Waals surface area contributed by atoms with Gasteiger partial charge in [-0.15, -0.1) is 0 Å². The molecule has 1 aliphatic heterocycles. The highest BCUT2D eigenvalue weighted by Gasteiger charge is 2.12. The van der Waals surface area contributed by atoms with Crippen molar-refractivity contribution < 1.29 is 0 Å². The molecule has 0 aromatic carbocycles. The molecule has 0 spiro atoms. The first-order valence-corrected chi connectivity index (χ1v) is 5.85. The van der Waals surface area contributed by atoms with Gasteiger partial charge in [0.1, 0.15) is 0 Å². The van der Waals surface area contributed by atoms with Gasteiger partial charge in [-0.05, 0) is 32.4 Å². The molecular weight excluding hydrogens is 188 g/mol. The molecule has 4 heteroatoms. The Kier molecular flexibility index (Phi) is 3.75. The molecule has 3 N–H and O–H groups in total. The number of hydrogen-bond acceptors (Lipinski definition) is 3. The highest BCUT2D eigenvalue weighted by atomic mass is 15.1. The van der Waals surface area contributed by atoms with Crippen LogP contribution in [0.1, 0.15) is 31.0 Å². The largest absolute Gasteiger partial charge is 0.317 e. The molecule has 0 amide bonds. The topological polar surface area (TPSA) is 52.7 Å². The minimum absolute atomic E-state index is 0.672. The molecule has 0 radical (unpaired) electrons. The number of aryl methyl sites for hydroxylation is 1. The van der Waals surface area contributed by atoms with Gasteiger partial charge >= 0.3 is 0 Å². The van der Waals surface area contributed by atoms with Crippen LogP contribution in [0.15, 0.2) is 6.20 Å². The molecule has 1 fully saturated rings. The maximum atomic E-state index is 4.08. The van der Waals surface area contributed by atoms with E-state index in [2.05, 4.69) is 27.8 Å². The number of aromatic nitrogens is 2. The fourth-order valence-electron chi connectivity index (χ4n) is 2.08. The monoisotopic (exact) mass is 208 g/mol. The van der Waals surface area contributed by atoms with Crippen molar-refractivity contribution in [2.24, 2.45) is 0 Å². The van der Waals surface area contributed by atoms with Crippen LogP contribution in [0.3, 0.4) is 0 Å². The Labute approximate surface area is 90.8 Å². The first kappa shape index (κ1) is 10.6. The predicted octanol–water partition coefficient (Wildman–Crippen LogP) is 0.814. The zero-order chi connectivity index (χ0) is 10.5.